The van der Waals surface area contributed by atoms with Crippen LogP contribution in [0.1, 0.15) is 62.8 Å². The smallest absolute Gasteiger partial charge is 0.0790 e. The normalized spacial score (nSPS) is 16.9. The minimum absolute atomic E-state index is 0.292. The van der Waals surface area contributed by atoms with Crippen LogP contribution in [0.5, 0.6) is 0 Å². The highest BCUT2D eigenvalue weighted by molar-refractivity contribution is 5.36. The van der Waals surface area contributed by atoms with Crippen molar-refractivity contribution in [3.8, 4) is 0 Å². The summed E-state index contributed by atoms with van der Waals surface area (Å²) in [6, 6.07) is 6.53. The lowest BCUT2D eigenvalue weighted by Crippen LogP contribution is -2.08. The molecule has 0 bridgehead atoms. The zero-order chi connectivity index (χ0) is 12.5. The molecule has 1 atom stereocenters. The van der Waals surface area contributed by atoms with Crippen LogP contribution in [-0.4, -0.2) is 5.11 Å². The summed E-state index contributed by atoms with van der Waals surface area (Å²) in [5.74, 6) is 0. The van der Waals surface area contributed by atoms with Crippen molar-refractivity contribution >= 4 is 0 Å². The van der Waals surface area contributed by atoms with E-state index in [1.807, 2.05) is 0 Å². The molecule has 1 aliphatic carbocycles. The second kappa shape index (κ2) is 4.81. The van der Waals surface area contributed by atoms with Gasteiger partial charge in [-0.3, -0.25) is 0 Å². The highest BCUT2D eigenvalue weighted by atomic mass is 16.3. The van der Waals surface area contributed by atoms with Gasteiger partial charge in [-0.15, -0.1) is 0 Å². The van der Waals surface area contributed by atoms with Gasteiger partial charge in [0.15, 0.2) is 0 Å². The molecule has 0 fully saturated rings. The molecule has 1 unspecified atom stereocenters. The Morgan fingerprint density at radius 1 is 1.18 bits per heavy atom. The van der Waals surface area contributed by atoms with Gasteiger partial charge in [0.25, 0.3) is 0 Å². The molecule has 94 valence electrons. The number of hydrogen-bond acceptors (Lipinski definition) is 1. The molecule has 0 amide bonds. The van der Waals surface area contributed by atoms with Crippen molar-refractivity contribution in [1.82, 2.24) is 0 Å². The average molecular weight is 232 g/mol. The van der Waals surface area contributed by atoms with Crippen LogP contribution in [0.15, 0.2) is 18.2 Å². The van der Waals surface area contributed by atoms with Gasteiger partial charge in [-0.1, -0.05) is 39.0 Å². The quantitative estimate of drug-likeness (QED) is 0.834. The van der Waals surface area contributed by atoms with Crippen LogP contribution in [0.4, 0.5) is 0 Å². The topological polar surface area (TPSA) is 20.2 Å². The molecule has 0 aromatic heterocycles. The Morgan fingerprint density at radius 3 is 2.59 bits per heavy atom. The SMILES string of the molecule is CC(C)(C)CCC(O)c1ccc2c(c1)CCC2. The first kappa shape index (κ1) is 12.6. The number of hydrogen-bond donors (Lipinski definition) is 1. The third-order valence-corrected chi connectivity index (χ3v) is 3.68. The van der Waals surface area contributed by atoms with E-state index in [4.69, 9.17) is 0 Å². The monoisotopic (exact) mass is 232 g/mol. The predicted octanol–water partition coefficient (Wildman–Crippen LogP) is 4.04. The van der Waals surface area contributed by atoms with Crippen molar-refractivity contribution in [1.29, 1.82) is 0 Å². The lowest BCUT2D eigenvalue weighted by atomic mass is 9.87. The van der Waals surface area contributed by atoms with Crippen LogP contribution in [-0.2, 0) is 12.8 Å². The lowest BCUT2D eigenvalue weighted by molar-refractivity contribution is 0.147. The number of benzene rings is 1. The summed E-state index contributed by atoms with van der Waals surface area (Å²) in [6.45, 7) is 6.67. The molecule has 2 rings (SSSR count). The Hall–Kier alpha value is -0.820. The van der Waals surface area contributed by atoms with Crippen LogP contribution in [0, 0.1) is 5.41 Å². The van der Waals surface area contributed by atoms with Gasteiger partial charge < -0.3 is 5.11 Å². The molecule has 0 saturated heterocycles. The maximum atomic E-state index is 10.2. The Labute approximate surface area is 105 Å². The molecule has 1 aromatic carbocycles. The molecule has 1 aromatic rings. The van der Waals surface area contributed by atoms with Crippen LogP contribution < -0.4 is 0 Å². The summed E-state index contributed by atoms with van der Waals surface area (Å²) < 4.78 is 0. The standard InChI is InChI=1S/C16H24O/c1-16(2,3)10-9-15(17)14-8-7-12-5-4-6-13(12)11-14/h7-8,11,15,17H,4-6,9-10H2,1-3H3. The lowest BCUT2D eigenvalue weighted by Gasteiger charge is -2.20. The van der Waals surface area contributed by atoms with Gasteiger partial charge in [-0.2, -0.15) is 0 Å². The summed E-state index contributed by atoms with van der Waals surface area (Å²) >= 11 is 0. The number of aryl methyl sites for hydroxylation is 2. The van der Waals surface area contributed by atoms with E-state index in [0.717, 1.165) is 18.4 Å². The highest BCUT2D eigenvalue weighted by Crippen LogP contribution is 2.30. The fourth-order valence-corrected chi connectivity index (χ4v) is 2.54. The molecule has 1 heteroatoms. The molecule has 1 nitrogen and oxygen atoms in total. The van der Waals surface area contributed by atoms with Crippen molar-refractivity contribution in [2.45, 2.75) is 59.0 Å². The van der Waals surface area contributed by atoms with Crippen molar-refractivity contribution in [3.05, 3.63) is 34.9 Å². The van der Waals surface area contributed by atoms with Crippen molar-refractivity contribution < 1.29 is 5.11 Å². The Bertz CT molecular complexity index is 387. The van der Waals surface area contributed by atoms with Crippen LogP contribution in [0.25, 0.3) is 0 Å². The number of fused-ring (bicyclic) bond motifs is 1. The Balaban J connectivity index is 2.02. The maximum absolute atomic E-state index is 10.2. The van der Waals surface area contributed by atoms with E-state index < -0.39 is 0 Å². The van der Waals surface area contributed by atoms with Crippen LogP contribution in [0.3, 0.4) is 0 Å². The third-order valence-electron chi connectivity index (χ3n) is 3.68. The highest BCUT2D eigenvalue weighted by Gasteiger charge is 2.17. The van der Waals surface area contributed by atoms with Crippen LogP contribution in [0.2, 0.25) is 0 Å². The molecular formula is C16H24O. The number of aliphatic hydroxyl groups is 1. The van der Waals surface area contributed by atoms with Gasteiger partial charge in [-0.05, 0) is 54.2 Å². The fraction of sp³-hybridized carbons (Fsp3) is 0.625. The second-order valence-electron chi connectivity index (χ2n) is 6.50. The summed E-state index contributed by atoms with van der Waals surface area (Å²) in [7, 11) is 0. The molecular weight excluding hydrogens is 208 g/mol. The van der Waals surface area contributed by atoms with E-state index in [2.05, 4.69) is 39.0 Å². The summed E-state index contributed by atoms with van der Waals surface area (Å²) in [6.07, 6.45) is 5.31. The molecule has 0 radical (unpaired) electrons. The zero-order valence-electron chi connectivity index (χ0n) is 11.3. The largest absolute Gasteiger partial charge is 0.388 e. The average Bonchev–Trinajstić information content (AvgIpc) is 2.71. The second-order valence-corrected chi connectivity index (χ2v) is 6.50. The van der Waals surface area contributed by atoms with Gasteiger partial charge in [-0.25, -0.2) is 0 Å². The van der Waals surface area contributed by atoms with E-state index in [0.29, 0.717) is 5.41 Å². The minimum atomic E-state index is -0.292. The first-order valence-electron chi connectivity index (χ1n) is 6.75. The first-order valence-corrected chi connectivity index (χ1v) is 6.75. The Morgan fingerprint density at radius 2 is 1.88 bits per heavy atom. The van der Waals surface area contributed by atoms with E-state index in [9.17, 15) is 5.11 Å². The van der Waals surface area contributed by atoms with Gasteiger partial charge in [0.05, 0.1) is 6.10 Å². The van der Waals surface area contributed by atoms with E-state index in [-0.39, 0.29) is 6.10 Å². The molecule has 0 heterocycles. The predicted molar refractivity (Wildman–Crippen MR) is 72.1 cm³/mol. The molecule has 0 aliphatic heterocycles. The zero-order valence-corrected chi connectivity index (χ0v) is 11.3. The summed E-state index contributed by atoms with van der Waals surface area (Å²) in [5, 5.41) is 10.2. The van der Waals surface area contributed by atoms with Crippen molar-refractivity contribution in [2.75, 3.05) is 0 Å². The van der Waals surface area contributed by atoms with Gasteiger partial charge in [0.2, 0.25) is 0 Å². The van der Waals surface area contributed by atoms with E-state index in [1.54, 1.807) is 0 Å². The summed E-state index contributed by atoms with van der Waals surface area (Å²) in [5.41, 5.74) is 4.35. The van der Waals surface area contributed by atoms with Crippen molar-refractivity contribution in [2.24, 2.45) is 5.41 Å². The third kappa shape index (κ3) is 3.32. The molecule has 0 saturated carbocycles. The molecule has 17 heavy (non-hydrogen) atoms. The molecule has 1 N–H and O–H groups in total. The van der Waals surface area contributed by atoms with E-state index >= 15 is 0 Å². The van der Waals surface area contributed by atoms with E-state index in [1.165, 1.54) is 30.4 Å². The van der Waals surface area contributed by atoms with Gasteiger partial charge in [0.1, 0.15) is 0 Å². The molecule has 0 spiro atoms. The van der Waals surface area contributed by atoms with Gasteiger partial charge in [0, 0.05) is 0 Å². The first-order chi connectivity index (χ1) is 7.96. The van der Waals surface area contributed by atoms with Gasteiger partial charge >= 0.3 is 0 Å². The summed E-state index contributed by atoms with van der Waals surface area (Å²) in [4.78, 5) is 0. The number of aliphatic hydroxyl groups excluding tert-OH is 1. The molecule has 1 aliphatic rings. The fourth-order valence-electron chi connectivity index (χ4n) is 2.54. The Kier molecular flexibility index (Phi) is 3.58. The minimum Gasteiger partial charge on any atom is -0.388 e. The van der Waals surface area contributed by atoms with Crippen LogP contribution >= 0.6 is 0 Å². The maximum Gasteiger partial charge on any atom is 0.0790 e. The van der Waals surface area contributed by atoms with Crippen molar-refractivity contribution in [3.63, 3.8) is 0 Å². The number of rotatable bonds is 3.